The summed E-state index contributed by atoms with van der Waals surface area (Å²) in [6.07, 6.45) is 0.394. The number of amides is 1. The lowest BCUT2D eigenvalue weighted by Crippen LogP contribution is -2.39. The van der Waals surface area contributed by atoms with Crippen LogP contribution >= 0.6 is 0 Å². The second-order valence-electron chi connectivity index (χ2n) is 7.75. The molecule has 7 heteroatoms. The molecule has 6 nitrogen and oxygen atoms in total. The lowest BCUT2D eigenvalue weighted by atomic mass is 9.97. The number of sulfonamides is 1. The fourth-order valence-electron chi connectivity index (χ4n) is 3.30. The van der Waals surface area contributed by atoms with Crippen molar-refractivity contribution in [3.05, 3.63) is 95.6 Å². The number of rotatable bonds is 8. The molecule has 0 aromatic heterocycles. The van der Waals surface area contributed by atoms with Gasteiger partial charge in [-0.25, -0.2) is 8.42 Å². The monoisotopic (exact) mass is 452 g/mol. The SMILES string of the molecule is Cc1cccc([C@@H](NC(=O)[C@H](C)Oc2ccc(N(C)S(C)(=O)=O)cc2)c2ccccc2)c1. The third-order valence-corrected chi connectivity index (χ3v) is 6.38. The summed E-state index contributed by atoms with van der Waals surface area (Å²) >= 11 is 0. The van der Waals surface area contributed by atoms with E-state index >= 15 is 0 Å². The van der Waals surface area contributed by atoms with Gasteiger partial charge in [-0.15, -0.1) is 0 Å². The van der Waals surface area contributed by atoms with Crippen LogP contribution in [0.1, 0.15) is 29.7 Å². The van der Waals surface area contributed by atoms with Gasteiger partial charge in [-0.3, -0.25) is 9.10 Å². The summed E-state index contributed by atoms with van der Waals surface area (Å²) in [7, 11) is -1.86. The van der Waals surface area contributed by atoms with Crippen molar-refractivity contribution in [2.24, 2.45) is 0 Å². The van der Waals surface area contributed by atoms with E-state index in [1.807, 2.05) is 55.5 Å². The first kappa shape index (κ1) is 23.3. The smallest absolute Gasteiger partial charge is 0.261 e. The van der Waals surface area contributed by atoms with E-state index in [2.05, 4.69) is 11.4 Å². The highest BCUT2D eigenvalue weighted by molar-refractivity contribution is 7.92. The first-order valence-corrected chi connectivity index (χ1v) is 12.1. The van der Waals surface area contributed by atoms with E-state index in [9.17, 15) is 13.2 Å². The largest absolute Gasteiger partial charge is 0.481 e. The third kappa shape index (κ3) is 5.88. The van der Waals surface area contributed by atoms with Crippen molar-refractivity contribution >= 4 is 21.6 Å². The Balaban J connectivity index is 1.74. The van der Waals surface area contributed by atoms with E-state index in [1.165, 1.54) is 11.4 Å². The van der Waals surface area contributed by atoms with Crippen LogP contribution in [-0.4, -0.2) is 33.7 Å². The molecular weight excluding hydrogens is 424 g/mol. The molecule has 0 fully saturated rings. The molecule has 0 radical (unpaired) electrons. The number of carbonyl (C=O) groups is 1. The van der Waals surface area contributed by atoms with Crippen LogP contribution in [-0.2, 0) is 14.8 Å². The zero-order valence-corrected chi connectivity index (χ0v) is 19.5. The van der Waals surface area contributed by atoms with Crippen LogP contribution in [0, 0.1) is 6.92 Å². The highest BCUT2D eigenvalue weighted by Crippen LogP contribution is 2.24. The van der Waals surface area contributed by atoms with Gasteiger partial charge in [0.15, 0.2) is 6.10 Å². The van der Waals surface area contributed by atoms with Gasteiger partial charge >= 0.3 is 0 Å². The predicted molar refractivity (Wildman–Crippen MR) is 127 cm³/mol. The maximum absolute atomic E-state index is 13.0. The van der Waals surface area contributed by atoms with Crippen molar-refractivity contribution in [3.8, 4) is 5.75 Å². The number of hydrogen-bond donors (Lipinski definition) is 1. The van der Waals surface area contributed by atoms with E-state index in [-0.39, 0.29) is 11.9 Å². The quantitative estimate of drug-likeness (QED) is 0.559. The topological polar surface area (TPSA) is 75.7 Å². The van der Waals surface area contributed by atoms with Gasteiger partial charge in [0.05, 0.1) is 18.0 Å². The number of aryl methyl sites for hydroxylation is 1. The Hall–Kier alpha value is -3.32. The van der Waals surface area contributed by atoms with Gasteiger partial charge in [-0.05, 0) is 49.2 Å². The lowest BCUT2D eigenvalue weighted by Gasteiger charge is -2.23. The van der Waals surface area contributed by atoms with Gasteiger partial charge in [-0.2, -0.15) is 0 Å². The fraction of sp³-hybridized carbons (Fsp3) is 0.240. The highest BCUT2D eigenvalue weighted by Gasteiger charge is 2.22. The average molecular weight is 453 g/mol. The van der Waals surface area contributed by atoms with Crippen LogP contribution in [0.5, 0.6) is 5.75 Å². The minimum atomic E-state index is -3.35. The highest BCUT2D eigenvalue weighted by atomic mass is 32.2. The zero-order valence-electron chi connectivity index (χ0n) is 18.6. The molecular formula is C25H28N2O4S. The maximum Gasteiger partial charge on any atom is 0.261 e. The predicted octanol–water partition coefficient (Wildman–Crippen LogP) is 4.06. The van der Waals surface area contributed by atoms with Crippen LogP contribution in [0.4, 0.5) is 5.69 Å². The normalized spacial score (nSPS) is 13.1. The molecule has 1 amide bonds. The molecule has 0 unspecified atom stereocenters. The van der Waals surface area contributed by atoms with Gasteiger partial charge in [0.2, 0.25) is 10.0 Å². The summed E-state index contributed by atoms with van der Waals surface area (Å²) in [5, 5.41) is 3.09. The number of nitrogens with zero attached hydrogens (tertiary/aromatic N) is 1. The van der Waals surface area contributed by atoms with Gasteiger partial charge in [0, 0.05) is 7.05 Å². The summed E-state index contributed by atoms with van der Waals surface area (Å²) in [5.41, 5.74) is 3.60. The lowest BCUT2D eigenvalue weighted by molar-refractivity contribution is -0.127. The number of ether oxygens (including phenoxy) is 1. The number of benzene rings is 3. The summed E-state index contributed by atoms with van der Waals surface area (Å²) in [4.78, 5) is 13.0. The number of anilines is 1. The van der Waals surface area contributed by atoms with Gasteiger partial charge in [0.1, 0.15) is 5.75 Å². The van der Waals surface area contributed by atoms with Crippen LogP contribution in [0.15, 0.2) is 78.9 Å². The van der Waals surface area contributed by atoms with Gasteiger partial charge in [0.25, 0.3) is 5.91 Å². The zero-order chi connectivity index (χ0) is 23.3. The van der Waals surface area contributed by atoms with Crippen molar-refractivity contribution in [1.29, 1.82) is 0 Å². The molecule has 0 saturated heterocycles. The fourth-order valence-corrected chi connectivity index (χ4v) is 3.80. The Labute approximate surface area is 189 Å². The van der Waals surface area contributed by atoms with E-state index in [4.69, 9.17) is 4.74 Å². The molecule has 0 bridgehead atoms. The van der Waals surface area contributed by atoms with E-state index in [1.54, 1.807) is 31.2 Å². The summed E-state index contributed by atoms with van der Waals surface area (Å²) in [6, 6.07) is 24.1. The average Bonchev–Trinajstić information content (AvgIpc) is 2.77. The molecule has 32 heavy (non-hydrogen) atoms. The molecule has 0 spiro atoms. The van der Waals surface area contributed by atoms with Crippen molar-refractivity contribution in [2.75, 3.05) is 17.6 Å². The van der Waals surface area contributed by atoms with Gasteiger partial charge < -0.3 is 10.1 Å². The molecule has 2 atom stereocenters. The Morgan fingerprint density at radius 3 is 2.16 bits per heavy atom. The Bertz CT molecular complexity index is 1160. The molecule has 0 aliphatic rings. The summed E-state index contributed by atoms with van der Waals surface area (Å²) in [5.74, 6) is 0.225. The number of nitrogens with one attached hydrogen (secondary N) is 1. The minimum Gasteiger partial charge on any atom is -0.481 e. The Morgan fingerprint density at radius 1 is 0.938 bits per heavy atom. The molecule has 168 valence electrons. The van der Waals surface area contributed by atoms with Crippen molar-refractivity contribution in [2.45, 2.75) is 26.0 Å². The minimum absolute atomic E-state index is 0.252. The molecule has 0 heterocycles. The first-order valence-electron chi connectivity index (χ1n) is 10.3. The van der Waals surface area contributed by atoms with Crippen LogP contribution in [0.25, 0.3) is 0 Å². The van der Waals surface area contributed by atoms with Crippen molar-refractivity contribution in [3.63, 3.8) is 0 Å². The maximum atomic E-state index is 13.0. The van der Waals surface area contributed by atoms with Crippen LogP contribution < -0.4 is 14.4 Å². The molecule has 3 rings (SSSR count). The third-order valence-electron chi connectivity index (χ3n) is 5.17. The summed E-state index contributed by atoms with van der Waals surface area (Å²) < 4.78 is 30.4. The van der Waals surface area contributed by atoms with E-state index in [0.717, 1.165) is 22.9 Å². The Morgan fingerprint density at radius 2 is 1.56 bits per heavy atom. The van der Waals surface area contributed by atoms with E-state index < -0.39 is 16.1 Å². The van der Waals surface area contributed by atoms with Crippen molar-refractivity contribution in [1.82, 2.24) is 5.32 Å². The molecule has 3 aromatic carbocycles. The second kappa shape index (κ2) is 9.87. The van der Waals surface area contributed by atoms with Crippen molar-refractivity contribution < 1.29 is 17.9 Å². The molecule has 0 saturated carbocycles. The standard InChI is InChI=1S/C25H28N2O4S/c1-18-9-8-12-21(17-18)24(20-10-6-5-7-11-20)26-25(28)19(2)31-23-15-13-22(14-16-23)27(3)32(4,29)30/h5-17,19,24H,1-4H3,(H,26,28)/t19-,24-/m0/s1. The Kier molecular flexibility index (Phi) is 7.20. The first-order chi connectivity index (χ1) is 15.1. The number of carbonyl (C=O) groups excluding carboxylic acids is 1. The van der Waals surface area contributed by atoms with Crippen LogP contribution in [0.2, 0.25) is 0 Å². The van der Waals surface area contributed by atoms with Gasteiger partial charge in [-0.1, -0.05) is 60.2 Å². The van der Waals surface area contributed by atoms with Crippen LogP contribution in [0.3, 0.4) is 0 Å². The molecule has 0 aliphatic heterocycles. The molecule has 0 aliphatic carbocycles. The number of hydrogen-bond acceptors (Lipinski definition) is 4. The molecule has 3 aromatic rings. The van der Waals surface area contributed by atoms with E-state index in [0.29, 0.717) is 11.4 Å². The summed E-state index contributed by atoms with van der Waals surface area (Å²) in [6.45, 7) is 3.70. The molecule has 1 N–H and O–H groups in total. The second-order valence-corrected chi connectivity index (χ2v) is 9.76.